The van der Waals surface area contributed by atoms with Gasteiger partial charge in [-0.2, -0.15) is 5.26 Å². The molecule has 2 aromatic rings. The first-order chi connectivity index (χ1) is 12.5. The van der Waals surface area contributed by atoms with Crippen LogP contribution in [0.4, 0.5) is 11.5 Å². The summed E-state index contributed by atoms with van der Waals surface area (Å²) in [6.07, 6.45) is 1.58. The minimum Gasteiger partial charge on any atom is -0.353 e. The standard InChI is InChI=1S/C18H17N5O3/c1-13-3-2-4-15(17(13)23(25)26)18(24)22-9-7-21(8-10-22)16-11-14(12-19)5-6-20-16/h2-6,11H,7-10H2,1H3. The predicted molar refractivity (Wildman–Crippen MR) is 94.9 cm³/mol. The van der Waals surface area contributed by atoms with Crippen molar-refractivity contribution in [3.8, 4) is 6.07 Å². The summed E-state index contributed by atoms with van der Waals surface area (Å²) in [5, 5.41) is 20.3. The lowest BCUT2D eigenvalue weighted by atomic mass is 10.1. The first-order valence-corrected chi connectivity index (χ1v) is 8.15. The number of pyridine rings is 1. The second-order valence-corrected chi connectivity index (χ2v) is 6.02. The number of nitro groups is 1. The van der Waals surface area contributed by atoms with Gasteiger partial charge in [0.05, 0.1) is 16.6 Å². The zero-order chi connectivity index (χ0) is 18.7. The van der Waals surface area contributed by atoms with E-state index in [0.29, 0.717) is 43.1 Å². The highest BCUT2D eigenvalue weighted by Crippen LogP contribution is 2.25. The molecule has 132 valence electrons. The average Bonchev–Trinajstić information content (AvgIpc) is 2.67. The molecule has 8 heteroatoms. The Morgan fingerprint density at radius 2 is 2.00 bits per heavy atom. The molecule has 1 aliphatic heterocycles. The van der Waals surface area contributed by atoms with Crippen LogP contribution in [0.25, 0.3) is 0 Å². The van der Waals surface area contributed by atoms with Crippen LogP contribution in [0.3, 0.4) is 0 Å². The average molecular weight is 351 g/mol. The van der Waals surface area contributed by atoms with Crippen molar-refractivity contribution >= 4 is 17.4 Å². The normalized spacial score (nSPS) is 14.0. The Labute approximate surface area is 150 Å². The molecule has 1 fully saturated rings. The number of amides is 1. The number of carbonyl (C=O) groups excluding carboxylic acids is 1. The highest BCUT2D eigenvalue weighted by molar-refractivity contribution is 5.98. The van der Waals surface area contributed by atoms with Crippen molar-refractivity contribution in [3.63, 3.8) is 0 Å². The van der Waals surface area contributed by atoms with Gasteiger partial charge in [0.1, 0.15) is 11.4 Å². The lowest BCUT2D eigenvalue weighted by Gasteiger charge is -2.35. The fourth-order valence-electron chi connectivity index (χ4n) is 3.04. The van der Waals surface area contributed by atoms with Gasteiger partial charge in [-0.1, -0.05) is 12.1 Å². The van der Waals surface area contributed by atoms with Gasteiger partial charge in [0, 0.05) is 37.9 Å². The lowest BCUT2D eigenvalue weighted by molar-refractivity contribution is -0.385. The molecule has 0 atom stereocenters. The van der Waals surface area contributed by atoms with Crippen molar-refractivity contribution < 1.29 is 9.72 Å². The van der Waals surface area contributed by atoms with E-state index in [0.717, 1.165) is 0 Å². The van der Waals surface area contributed by atoms with E-state index in [-0.39, 0.29) is 17.2 Å². The van der Waals surface area contributed by atoms with E-state index in [2.05, 4.69) is 11.1 Å². The number of aryl methyl sites for hydroxylation is 1. The molecule has 1 saturated heterocycles. The van der Waals surface area contributed by atoms with E-state index in [1.165, 1.54) is 6.07 Å². The number of rotatable bonds is 3. The Morgan fingerprint density at radius 3 is 2.65 bits per heavy atom. The van der Waals surface area contributed by atoms with E-state index >= 15 is 0 Å². The molecular weight excluding hydrogens is 334 g/mol. The van der Waals surface area contributed by atoms with Crippen LogP contribution in [0.5, 0.6) is 0 Å². The minimum atomic E-state index is -0.504. The molecule has 1 aromatic carbocycles. The van der Waals surface area contributed by atoms with Gasteiger partial charge < -0.3 is 9.80 Å². The Balaban J connectivity index is 1.74. The third-order valence-corrected chi connectivity index (χ3v) is 4.42. The van der Waals surface area contributed by atoms with Crippen LogP contribution in [-0.2, 0) is 0 Å². The van der Waals surface area contributed by atoms with Crippen LogP contribution in [0.15, 0.2) is 36.5 Å². The van der Waals surface area contributed by atoms with Crippen LogP contribution in [0, 0.1) is 28.4 Å². The van der Waals surface area contributed by atoms with Crippen molar-refractivity contribution in [2.45, 2.75) is 6.92 Å². The van der Waals surface area contributed by atoms with Gasteiger partial charge >= 0.3 is 0 Å². The number of benzene rings is 1. The summed E-state index contributed by atoms with van der Waals surface area (Å²) in [5.41, 5.74) is 0.984. The van der Waals surface area contributed by atoms with E-state index < -0.39 is 4.92 Å². The maximum atomic E-state index is 12.8. The number of aromatic nitrogens is 1. The monoisotopic (exact) mass is 351 g/mol. The molecule has 0 unspecified atom stereocenters. The molecule has 2 heterocycles. The molecule has 0 spiro atoms. The summed E-state index contributed by atoms with van der Waals surface area (Å²) in [4.78, 5) is 31.5. The first-order valence-electron chi connectivity index (χ1n) is 8.15. The number of piperazine rings is 1. The van der Waals surface area contributed by atoms with Crippen LogP contribution < -0.4 is 4.90 Å². The summed E-state index contributed by atoms with van der Waals surface area (Å²) >= 11 is 0. The van der Waals surface area contributed by atoms with Gasteiger partial charge in [-0.05, 0) is 25.1 Å². The summed E-state index contributed by atoms with van der Waals surface area (Å²) in [5.74, 6) is 0.358. The molecule has 0 aliphatic carbocycles. The van der Waals surface area contributed by atoms with Crippen molar-refractivity contribution in [1.82, 2.24) is 9.88 Å². The highest BCUT2D eigenvalue weighted by atomic mass is 16.6. The maximum Gasteiger partial charge on any atom is 0.285 e. The van der Waals surface area contributed by atoms with E-state index in [4.69, 9.17) is 5.26 Å². The topological polar surface area (TPSA) is 103 Å². The number of nitriles is 1. The molecule has 0 N–H and O–H groups in total. The zero-order valence-corrected chi connectivity index (χ0v) is 14.3. The summed E-state index contributed by atoms with van der Waals surface area (Å²) < 4.78 is 0. The number of nitro benzene ring substituents is 1. The Kier molecular flexibility index (Phi) is 4.80. The van der Waals surface area contributed by atoms with Crippen LogP contribution >= 0.6 is 0 Å². The number of nitrogens with zero attached hydrogens (tertiary/aromatic N) is 5. The Hall–Kier alpha value is -3.47. The van der Waals surface area contributed by atoms with Crippen LogP contribution in [0.1, 0.15) is 21.5 Å². The minimum absolute atomic E-state index is 0.119. The number of anilines is 1. The quantitative estimate of drug-likeness (QED) is 0.620. The number of hydrogen-bond acceptors (Lipinski definition) is 6. The number of para-hydroxylation sites is 1. The number of hydrogen-bond donors (Lipinski definition) is 0. The molecular formula is C18H17N5O3. The Morgan fingerprint density at radius 1 is 1.27 bits per heavy atom. The van der Waals surface area contributed by atoms with Crippen molar-refractivity contribution in [2.75, 3.05) is 31.1 Å². The largest absolute Gasteiger partial charge is 0.353 e. The van der Waals surface area contributed by atoms with Gasteiger partial charge in [0.2, 0.25) is 0 Å². The van der Waals surface area contributed by atoms with E-state index in [1.54, 1.807) is 42.3 Å². The fraction of sp³-hybridized carbons (Fsp3) is 0.278. The van der Waals surface area contributed by atoms with Gasteiger partial charge in [0.15, 0.2) is 0 Å². The molecule has 1 amide bonds. The lowest BCUT2D eigenvalue weighted by Crippen LogP contribution is -2.49. The van der Waals surface area contributed by atoms with E-state index in [1.807, 2.05) is 4.90 Å². The SMILES string of the molecule is Cc1cccc(C(=O)N2CCN(c3cc(C#N)ccn3)CC2)c1[N+](=O)[O-]. The fourth-order valence-corrected chi connectivity index (χ4v) is 3.04. The Bertz CT molecular complexity index is 898. The van der Waals surface area contributed by atoms with E-state index in [9.17, 15) is 14.9 Å². The second kappa shape index (κ2) is 7.19. The smallest absolute Gasteiger partial charge is 0.285 e. The van der Waals surface area contributed by atoms with Gasteiger partial charge in [-0.15, -0.1) is 0 Å². The first kappa shape index (κ1) is 17.4. The predicted octanol–water partition coefficient (Wildman–Crippen LogP) is 2.13. The third kappa shape index (κ3) is 3.32. The number of carbonyl (C=O) groups is 1. The van der Waals surface area contributed by atoms with Gasteiger partial charge in [0.25, 0.3) is 11.6 Å². The molecule has 1 aliphatic rings. The second-order valence-electron chi connectivity index (χ2n) is 6.02. The van der Waals surface area contributed by atoms with Crippen LogP contribution in [-0.4, -0.2) is 46.9 Å². The summed E-state index contributed by atoms with van der Waals surface area (Å²) in [7, 11) is 0. The molecule has 0 radical (unpaired) electrons. The van der Waals surface area contributed by atoms with Crippen molar-refractivity contribution in [3.05, 3.63) is 63.3 Å². The third-order valence-electron chi connectivity index (χ3n) is 4.42. The summed E-state index contributed by atoms with van der Waals surface area (Å²) in [6, 6.07) is 10.2. The van der Waals surface area contributed by atoms with Crippen LogP contribution in [0.2, 0.25) is 0 Å². The molecule has 8 nitrogen and oxygen atoms in total. The molecule has 1 aromatic heterocycles. The molecule has 0 bridgehead atoms. The molecule has 3 rings (SSSR count). The van der Waals surface area contributed by atoms with Crippen molar-refractivity contribution in [1.29, 1.82) is 5.26 Å². The zero-order valence-electron chi connectivity index (χ0n) is 14.3. The highest BCUT2D eigenvalue weighted by Gasteiger charge is 2.28. The maximum absolute atomic E-state index is 12.8. The molecule has 0 saturated carbocycles. The van der Waals surface area contributed by atoms with Gasteiger partial charge in [-0.25, -0.2) is 4.98 Å². The van der Waals surface area contributed by atoms with Crippen molar-refractivity contribution in [2.24, 2.45) is 0 Å². The summed E-state index contributed by atoms with van der Waals surface area (Å²) in [6.45, 7) is 3.59. The molecule has 26 heavy (non-hydrogen) atoms. The van der Waals surface area contributed by atoms with Gasteiger partial charge in [-0.3, -0.25) is 14.9 Å².